The zero-order chi connectivity index (χ0) is 23.0. The molecule has 0 amide bonds. The molecule has 9 nitrogen and oxygen atoms in total. The maximum absolute atomic E-state index is 13.5. The van der Waals surface area contributed by atoms with Crippen LogP contribution < -0.4 is 11.2 Å². The van der Waals surface area contributed by atoms with E-state index in [4.69, 9.17) is 9.72 Å². The van der Waals surface area contributed by atoms with E-state index >= 15 is 0 Å². The van der Waals surface area contributed by atoms with Crippen molar-refractivity contribution in [3.05, 3.63) is 73.7 Å². The van der Waals surface area contributed by atoms with E-state index in [0.717, 1.165) is 22.5 Å². The first-order valence-electron chi connectivity index (χ1n) is 10.7. The van der Waals surface area contributed by atoms with Crippen molar-refractivity contribution in [2.24, 2.45) is 7.05 Å². The highest BCUT2D eigenvalue weighted by Crippen LogP contribution is 2.19. The van der Waals surface area contributed by atoms with Crippen LogP contribution in [0.2, 0.25) is 0 Å². The van der Waals surface area contributed by atoms with Crippen LogP contribution in [0, 0.1) is 20.8 Å². The lowest BCUT2D eigenvalue weighted by Crippen LogP contribution is -2.40. The molecule has 32 heavy (non-hydrogen) atoms. The molecule has 0 N–H and O–H groups in total. The van der Waals surface area contributed by atoms with E-state index in [9.17, 15) is 9.59 Å². The normalized spacial score (nSPS) is 11.5. The SMILES string of the molecule is CCOCCn1c(=O)c2c(nc(-n3nc(C)cc3C)n2Cc2cccc(C)c2)n(C)c1=O. The van der Waals surface area contributed by atoms with Crippen molar-refractivity contribution in [1.29, 1.82) is 0 Å². The molecule has 0 aliphatic rings. The number of fused-ring (bicyclic) bond motifs is 1. The summed E-state index contributed by atoms with van der Waals surface area (Å²) in [6, 6.07) is 10.1. The Labute approximate surface area is 185 Å². The van der Waals surface area contributed by atoms with Crippen LogP contribution >= 0.6 is 0 Å². The zero-order valence-electron chi connectivity index (χ0n) is 19.1. The van der Waals surface area contributed by atoms with Crippen LogP contribution in [0.4, 0.5) is 0 Å². The molecule has 0 fully saturated rings. The molecule has 0 saturated carbocycles. The molecule has 0 atom stereocenters. The van der Waals surface area contributed by atoms with Crippen LogP contribution in [0.3, 0.4) is 0 Å². The predicted octanol–water partition coefficient (Wildman–Crippen LogP) is 2.09. The van der Waals surface area contributed by atoms with Gasteiger partial charge in [0.05, 0.1) is 25.4 Å². The monoisotopic (exact) mass is 436 g/mol. The third kappa shape index (κ3) is 3.80. The minimum atomic E-state index is -0.415. The van der Waals surface area contributed by atoms with Gasteiger partial charge in [0.1, 0.15) is 0 Å². The van der Waals surface area contributed by atoms with Crippen LogP contribution in [0.1, 0.15) is 29.4 Å². The van der Waals surface area contributed by atoms with Crippen molar-refractivity contribution in [2.45, 2.75) is 40.8 Å². The summed E-state index contributed by atoms with van der Waals surface area (Å²) in [6.07, 6.45) is 0. The number of hydrogen-bond donors (Lipinski definition) is 0. The second-order valence-corrected chi connectivity index (χ2v) is 7.99. The van der Waals surface area contributed by atoms with Gasteiger partial charge in [0.25, 0.3) is 5.56 Å². The number of benzene rings is 1. The van der Waals surface area contributed by atoms with Crippen LogP contribution in [0.15, 0.2) is 39.9 Å². The average molecular weight is 437 g/mol. The lowest BCUT2D eigenvalue weighted by molar-refractivity contribution is 0.137. The molecule has 9 heteroatoms. The van der Waals surface area contributed by atoms with Crippen LogP contribution in [0.25, 0.3) is 17.1 Å². The molecule has 168 valence electrons. The molecular weight excluding hydrogens is 408 g/mol. The minimum absolute atomic E-state index is 0.181. The van der Waals surface area contributed by atoms with Crippen molar-refractivity contribution in [3.63, 3.8) is 0 Å². The topological polar surface area (TPSA) is 88.9 Å². The summed E-state index contributed by atoms with van der Waals surface area (Å²) < 4.78 is 11.6. The molecule has 0 radical (unpaired) electrons. The fraction of sp³-hybridized carbons (Fsp3) is 0.391. The van der Waals surface area contributed by atoms with E-state index in [2.05, 4.69) is 11.2 Å². The van der Waals surface area contributed by atoms with E-state index in [1.807, 2.05) is 56.5 Å². The molecule has 0 aliphatic carbocycles. The molecule has 3 heterocycles. The van der Waals surface area contributed by atoms with Gasteiger partial charge in [-0.25, -0.2) is 9.48 Å². The van der Waals surface area contributed by atoms with Crippen molar-refractivity contribution >= 4 is 11.2 Å². The molecule has 3 aromatic heterocycles. The number of ether oxygens (including phenoxy) is 1. The summed E-state index contributed by atoms with van der Waals surface area (Å²) in [4.78, 5) is 31.2. The van der Waals surface area contributed by atoms with Crippen LogP contribution in [-0.4, -0.2) is 41.7 Å². The summed E-state index contributed by atoms with van der Waals surface area (Å²) in [5.74, 6) is 0.502. The van der Waals surface area contributed by atoms with Gasteiger partial charge in [0, 0.05) is 19.3 Å². The maximum Gasteiger partial charge on any atom is 0.332 e. The fourth-order valence-electron chi connectivity index (χ4n) is 3.99. The summed E-state index contributed by atoms with van der Waals surface area (Å²) in [5.41, 5.74) is 3.81. The van der Waals surface area contributed by atoms with E-state index in [-0.39, 0.29) is 18.7 Å². The Hall–Kier alpha value is -3.46. The van der Waals surface area contributed by atoms with Crippen molar-refractivity contribution in [1.82, 2.24) is 28.5 Å². The molecule has 0 bridgehead atoms. The quantitative estimate of drug-likeness (QED) is 0.414. The fourth-order valence-corrected chi connectivity index (χ4v) is 3.99. The standard InChI is InChI=1S/C23H28N6O3/c1-6-32-11-10-27-21(30)19-20(26(5)23(27)31)24-22(29-17(4)13-16(3)25-29)28(19)14-18-9-7-8-15(2)12-18/h7-9,12-13H,6,10-11,14H2,1-5H3. The Bertz CT molecular complexity index is 1410. The minimum Gasteiger partial charge on any atom is -0.380 e. The first-order valence-corrected chi connectivity index (χ1v) is 10.7. The molecule has 1 aromatic carbocycles. The van der Waals surface area contributed by atoms with Gasteiger partial charge in [-0.15, -0.1) is 0 Å². The Morgan fingerprint density at radius 3 is 2.50 bits per heavy atom. The second kappa shape index (κ2) is 8.58. The summed E-state index contributed by atoms with van der Waals surface area (Å²) in [6.45, 7) is 9.16. The summed E-state index contributed by atoms with van der Waals surface area (Å²) >= 11 is 0. The Balaban J connectivity index is 2.01. The number of aromatic nitrogens is 6. The molecular formula is C23H28N6O3. The summed E-state index contributed by atoms with van der Waals surface area (Å²) in [5, 5.41) is 4.58. The number of imidazole rings is 1. The number of rotatable bonds is 7. The third-order valence-corrected chi connectivity index (χ3v) is 5.50. The first-order chi connectivity index (χ1) is 15.3. The Morgan fingerprint density at radius 2 is 1.84 bits per heavy atom. The van der Waals surface area contributed by atoms with E-state index in [1.165, 1.54) is 9.13 Å². The number of hydrogen-bond acceptors (Lipinski definition) is 5. The van der Waals surface area contributed by atoms with Gasteiger partial charge in [0.15, 0.2) is 11.2 Å². The third-order valence-electron chi connectivity index (χ3n) is 5.50. The van der Waals surface area contributed by atoms with E-state index in [1.54, 1.807) is 11.7 Å². The van der Waals surface area contributed by atoms with Gasteiger partial charge in [0.2, 0.25) is 5.95 Å². The van der Waals surface area contributed by atoms with Gasteiger partial charge >= 0.3 is 5.69 Å². The lowest BCUT2D eigenvalue weighted by atomic mass is 10.1. The van der Waals surface area contributed by atoms with Crippen molar-refractivity contribution < 1.29 is 4.74 Å². The highest BCUT2D eigenvalue weighted by atomic mass is 16.5. The molecule has 0 aliphatic heterocycles. The highest BCUT2D eigenvalue weighted by molar-refractivity contribution is 5.73. The first kappa shape index (κ1) is 21.8. The van der Waals surface area contributed by atoms with Gasteiger partial charge in [-0.1, -0.05) is 29.8 Å². The van der Waals surface area contributed by atoms with Gasteiger partial charge < -0.3 is 4.74 Å². The van der Waals surface area contributed by atoms with Crippen LogP contribution in [0.5, 0.6) is 0 Å². The average Bonchev–Trinajstić information content (AvgIpc) is 3.28. The zero-order valence-corrected chi connectivity index (χ0v) is 19.1. The summed E-state index contributed by atoms with van der Waals surface area (Å²) in [7, 11) is 1.64. The lowest BCUT2D eigenvalue weighted by Gasteiger charge is -2.12. The van der Waals surface area contributed by atoms with E-state index < -0.39 is 5.69 Å². The molecule has 0 unspecified atom stereocenters. The molecule has 0 saturated heterocycles. The Kier molecular flexibility index (Phi) is 5.84. The maximum atomic E-state index is 13.5. The van der Waals surface area contributed by atoms with Crippen LogP contribution in [-0.2, 0) is 24.9 Å². The Morgan fingerprint density at radius 1 is 1.06 bits per heavy atom. The van der Waals surface area contributed by atoms with Gasteiger partial charge in [-0.05, 0) is 39.3 Å². The van der Waals surface area contributed by atoms with Crippen molar-refractivity contribution in [2.75, 3.05) is 13.2 Å². The highest BCUT2D eigenvalue weighted by Gasteiger charge is 2.22. The van der Waals surface area contributed by atoms with Gasteiger partial charge in [-0.3, -0.25) is 18.5 Å². The second-order valence-electron chi connectivity index (χ2n) is 7.99. The molecule has 0 spiro atoms. The van der Waals surface area contributed by atoms with E-state index in [0.29, 0.717) is 30.3 Å². The smallest absolute Gasteiger partial charge is 0.332 e. The molecule has 4 aromatic rings. The molecule has 4 rings (SSSR count). The predicted molar refractivity (Wildman–Crippen MR) is 123 cm³/mol. The largest absolute Gasteiger partial charge is 0.380 e. The van der Waals surface area contributed by atoms with Gasteiger partial charge in [-0.2, -0.15) is 10.1 Å². The number of aryl methyl sites for hydroxylation is 4. The number of nitrogens with zero attached hydrogens (tertiary/aromatic N) is 6. The van der Waals surface area contributed by atoms with Crippen molar-refractivity contribution in [3.8, 4) is 5.95 Å².